The molecule has 0 aromatic heterocycles. The van der Waals surface area contributed by atoms with E-state index in [0.717, 1.165) is 24.0 Å². The van der Waals surface area contributed by atoms with Crippen LogP contribution in [0.2, 0.25) is 0 Å². The van der Waals surface area contributed by atoms with Crippen LogP contribution < -0.4 is 0 Å². The second-order valence-electron chi connectivity index (χ2n) is 8.99. The topological polar surface area (TPSA) is 19.9 Å². The lowest BCUT2D eigenvalue weighted by Gasteiger charge is -2.19. The molecule has 0 saturated carbocycles. The highest BCUT2D eigenvalue weighted by molar-refractivity contribution is 7.99. The van der Waals surface area contributed by atoms with E-state index in [0.29, 0.717) is 17.6 Å². The van der Waals surface area contributed by atoms with Crippen molar-refractivity contribution in [2.24, 2.45) is 0 Å². The van der Waals surface area contributed by atoms with Gasteiger partial charge in [0, 0.05) is 16.0 Å². The summed E-state index contributed by atoms with van der Waals surface area (Å²) in [6.45, 7) is 11.2. The van der Waals surface area contributed by atoms with Gasteiger partial charge in [-0.25, -0.2) is 0 Å². The number of rotatable bonds is 17. The molecule has 2 heteroatoms. The highest BCUT2D eigenvalue weighted by Gasteiger charge is 2.20. The number of unbranched alkanes of at least 4 members (excludes halogenated alkanes) is 8. The van der Waals surface area contributed by atoms with Gasteiger partial charge >= 0.3 is 0 Å². The van der Waals surface area contributed by atoms with Crippen LogP contribution in [0.3, 0.4) is 0 Å². The molecule has 1 aromatic carbocycles. The second-order valence-corrected chi connectivity index (χ2v) is 10.2. The first-order valence-corrected chi connectivity index (χ1v) is 13.5. The molecule has 2 unspecified atom stereocenters. The van der Waals surface area contributed by atoms with Gasteiger partial charge in [0.25, 0.3) is 0 Å². The van der Waals surface area contributed by atoms with Gasteiger partial charge in [-0.3, -0.25) is 5.11 Å². The molecule has 167 valence electrons. The molecule has 29 heavy (non-hydrogen) atoms. The number of thioether (sulfide) groups is 1. The average Bonchev–Trinajstić information content (AvgIpc) is 2.72. The van der Waals surface area contributed by atoms with Crippen LogP contribution in [0.25, 0.3) is 0 Å². The quantitative estimate of drug-likeness (QED) is 0.181. The van der Waals surface area contributed by atoms with Crippen molar-refractivity contribution < 1.29 is 5.11 Å². The Morgan fingerprint density at radius 2 is 1.14 bits per heavy atom. The Hall–Kier alpha value is -0.630. The highest BCUT2D eigenvalue weighted by Crippen LogP contribution is 2.41. The first-order valence-electron chi connectivity index (χ1n) is 12.5. The van der Waals surface area contributed by atoms with Gasteiger partial charge in [0.1, 0.15) is 0 Å². The van der Waals surface area contributed by atoms with Crippen molar-refractivity contribution in [2.45, 2.75) is 135 Å². The third-order valence-electron chi connectivity index (χ3n) is 6.18. The van der Waals surface area contributed by atoms with Crippen LogP contribution >= 0.6 is 11.8 Å². The molecule has 0 saturated heterocycles. The normalized spacial score (nSPS) is 13.6. The van der Waals surface area contributed by atoms with Crippen molar-refractivity contribution in [3.8, 4) is 5.75 Å². The predicted molar refractivity (Wildman–Crippen MR) is 131 cm³/mol. The molecule has 0 aliphatic carbocycles. The molecule has 0 spiro atoms. The van der Waals surface area contributed by atoms with Crippen LogP contribution in [0.1, 0.15) is 141 Å². The molecule has 1 nitrogen and oxygen atoms in total. The average molecular weight is 420 g/mol. The van der Waals surface area contributed by atoms with E-state index in [-0.39, 0.29) is 0 Å². The van der Waals surface area contributed by atoms with Gasteiger partial charge in [0.2, 0.25) is 0 Å². The molecule has 0 aliphatic heterocycles. The monoisotopic (exact) mass is 419 g/mol. The maximum Gasteiger partial charge on any atom is 0.185 e. The van der Waals surface area contributed by atoms with Crippen molar-refractivity contribution >= 4 is 11.8 Å². The smallest absolute Gasteiger partial charge is 0.185 e. The fraction of sp³-hybridized carbons (Fsp3) is 0.778. The molecule has 0 aliphatic rings. The Morgan fingerprint density at radius 1 is 0.690 bits per heavy atom. The van der Waals surface area contributed by atoms with Crippen molar-refractivity contribution in [2.75, 3.05) is 5.75 Å². The van der Waals surface area contributed by atoms with Gasteiger partial charge in [0.15, 0.2) is 5.75 Å². The highest BCUT2D eigenvalue weighted by atomic mass is 32.2. The molecule has 0 bridgehead atoms. The number of benzene rings is 1. The SMILES string of the molecule is CCCCCCCCCSc1cc(C(C)CCCC)c([O])c(C(C)CCCC)c1. The summed E-state index contributed by atoms with van der Waals surface area (Å²) in [5, 5.41) is 13.2. The van der Waals surface area contributed by atoms with E-state index >= 15 is 0 Å². The van der Waals surface area contributed by atoms with Gasteiger partial charge in [-0.05, 0) is 49.0 Å². The minimum atomic E-state index is 0.331. The van der Waals surface area contributed by atoms with Crippen LogP contribution in [0.5, 0.6) is 5.75 Å². The standard InChI is InChI=1S/C27H47OS/c1-6-9-12-13-14-15-16-19-29-24-20-25(22(4)17-10-7-2)27(28)26(21-24)23(5)18-11-8-3/h20-23H,6-19H2,1-5H3. The zero-order valence-electron chi connectivity index (χ0n) is 20.0. The summed E-state index contributed by atoms with van der Waals surface area (Å²) in [7, 11) is 0. The van der Waals surface area contributed by atoms with E-state index in [1.807, 2.05) is 11.8 Å². The fourth-order valence-electron chi connectivity index (χ4n) is 4.04. The number of hydrogen-bond acceptors (Lipinski definition) is 1. The summed E-state index contributed by atoms with van der Waals surface area (Å²) in [5.41, 5.74) is 2.14. The van der Waals surface area contributed by atoms with Crippen LogP contribution in [-0.4, -0.2) is 5.75 Å². The summed E-state index contributed by atoms with van der Waals surface area (Å²) in [5.74, 6) is 2.26. The lowest BCUT2D eigenvalue weighted by molar-refractivity contribution is 0.337. The van der Waals surface area contributed by atoms with Crippen molar-refractivity contribution in [3.05, 3.63) is 23.3 Å². The van der Waals surface area contributed by atoms with E-state index < -0.39 is 0 Å². The van der Waals surface area contributed by atoms with E-state index in [1.54, 1.807) is 0 Å². The molecule has 1 rings (SSSR count). The zero-order valence-corrected chi connectivity index (χ0v) is 20.8. The third-order valence-corrected chi connectivity index (χ3v) is 7.24. The summed E-state index contributed by atoms with van der Waals surface area (Å²) < 4.78 is 0. The second kappa shape index (κ2) is 16.1. The van der Waals surface area contributed by atoms with Crippen LogP contribution in [0.15, 0.2) is 17.0 Å². The van der Waals surface area contributed by atoms with Gasteiger partial charge in [-0.1, -0.05) is 98.8 Å². The molecule has 0 N–H and O–H groups in total. The summed E-state index contributed by atoms with van der Waals surface area (Å²) in [6, 6.07) is 4.45. The Kier molecular flexibility index (Phi) is 14.7. The van der Waals surface area contributed by atoms with E-state index in [9.17, 15) is 5.11 Å². The molecule has 0 amide bonds. The van der Waals surface area contributed by atoms with E-state index in [4.69, 9.17) is 0 Å². The maximum absolute atomic E-state index is 13.2. The van der Waals surface area contributed by atoms with Crippen LogP contribution in [-0.2, 0) is 5.11 Å². The van der Waals surface area contributed by atoms with Gasteiger partial charge in [-0.2, -0.15) is 0 Å². The molecule has 1 aromatic rings. The molecule has 2 atom stereocenters. The van der Waals surface area contributed by atoms with Crippen molar-refractivity contribution in [3.63, 3.8) is 0 Å². The Labute approximate surface area is 186 Å². The predicted octanol–water partition coefficient (Wildman–Crippen LogP) is 10.3. The third kappa shape index (κ3) is 10.3. The fourth-order valence-corrected chi connectivity index (χ4v) is 5.05. The summed E-state index contributed by atoms with van der Waals surface area (Å²) >= 11 is 1.97. The Morgan fingerprint density at radius 3 is 1.62 bits per heavy atom. The molecular formula is C27H47OS. The van der Waals surface area contributed by atoms with Gasteiger partial charge < -0.3 is 0 Å². The molecule has 1 radical (unpaired) electrons. The Bertz CT molecular complexity index is 504. The van der Waals surface area contributed by atoms with Crippen LogP contribution in [0.4, 0.5) is 0 Å². The maximum atomic E-state index is 13.2. The summed E-state index contributed by atoms with van der Waals surface area (Å²) in [6.07, 6.45) is 16.6. The van der Waals surface area contributed by atoms with Gasteiger partial charge in [0.05, 0.1) is 0 Å². The Balaban J connectivity index is 2.76. The minimum Gasteiger partial charge on any atom is -0.289 e. The molecular weight excluding hydrogens is 372 g/mol. The van der Waals surface area contributed by atoms with Crippen LogP contribution in [0, 0.1) is 0 Å². The summed E-state index contributed by atoms with van der Waals surface area (Å²) in [4.78, 5) is 1.33. The van der Waals surface area contributed by atoms with E-state index in [2.05, 4.69) is 46.8 Å². The lowest BCUT2D eigenvalue weighted by Crippen LogP contribution is -2.01. The molecule has 0 heterocycles. The molecule has 0 fully saturated rings. The van der Waals surface area contributed by atoms with Crippen molar-refractivity contribution in [1.29, 1.82) is 0 Å². The van der Waals surface area contributed by atoms with Crippen molar-refractivity contribution in [1.82, 2.24) is 0 Å². The first kappa shape index (κ1) is 26.4. The van der Waals surface area contributed by atoms with Gasteiger partial charge in [-0.15, -0.1) is 11.8 Å². The lowest BCUT2D eigenvalue weighted by atomic mass is 9.88. The largest absolute Gasteiger partial charge is 0.289 e. The van der Waals surface area contributed by atoms with E-state index in [1.165, 1.54) is 81.3 Å². The zero-order chi connectivity index (χ0) is 21.5. The number of hydrogen-bond donors (Lipinski definition) is 0. The first-order chi connectivity index (χ1) is 14.0. The minimum absolute atomic E-state index is 0.331.